The molecule has 0 aromatic carbocycles. The molecule has 3 unspecified atom stereocenters. The van der Waals surface area contributed by atoms with Crippen molar-refractivity contribution in [2.24, 2.45) is 11.7 Å². The number of alkyl halides is 1. The highest BCUT2D eigenvalue weighted by molar-refractivity contribution is 9.08. The van der Waals surface area contributed by atoms with Gasteiger partial charge in [0.1, 0.15) is 5.01 Å². The van der Waals surface area contributed by atoms with Gasteiger partial charge in [0.2, 0.25) is 0 Å². The average Bonchev–Trinajstić information content (AvgIpc) is 2.81. The Labute approximate surface area is 113 Å². The molecule has 1 aliphatic rings. The lowest BCUT2D eigenvalue weighted by molar-refractivity contribution is -0.0670. The number of hydrogen-bond donors (Lipinski definition) is 2. The highest BCUT2D eigenvalue weighted by Crippen LogP contribution is 2.37. The number of thiazole rings is 1. The number of aliphatic hydroxyl groups is 1. The fraction of sp³-hybridized carbons (Fsp3) is 0.727. The second-order valence-corrected chi connectivity index (χ2v) is 5.97. The van der Waals surface area contributed by atoms with Crippen LogP contribution in [0.15, 0.2) is 5.38 Å². The molecule has 2 heterocycles. The van der Waals surface area contributed by atoms with Crippen LogP contribution >= 0.6 is 27.3 Å². The van der Waals surface area contributed by atoms with Crippen LogP contribution in [0.3, 0.4) is 0 Å². The summed E-state index contributed by atoms with van der Waals surface area (Å²) in [6.07, 6.45) is 0.926. The molecule has 3 atom stereocenters. The van der Waals surface area contributed by atoms with Gasteiger partial charge >= 0.3 is 0 Å². The maximum atomic E-state index is 9.50. The third-order valence-electron chi connectivity index (χ3n) is 3.26. The summed E-state index contributed by atoms with van der Waals surface area (Å²) in [5.74, 6) is 0.0144. The van der Waals surface area contributed by atoms with Gasteiger partial charge in [0.05, 0.1) is 23.9 Å². The molecule has 3 N–H and O–H groups in total. The lowest BCUT2D eigenvalue weighted by Crippen LogP contribution is -2.54. The number of nitrogens with zero attached hydrogens (tertiary/aromatic N) is 1. The summed E-state index contributed by atoms with van der Waals surface area (Å²) < 4.78 is 5.64. The van der Waals surface area contributed by atoms with Gasteiger partial charge in [-0.25, -0.2) is 4.98 Å². The molecule has 1 fully saturated rings. The van der Waals surface area contributed by atoms with Crippen LogP contribution in [0, 0.1) is 5.92 Å². The van der Waals surface area contributed by atoms with E-state index in [4.69, 9.17) is 10.5 Å². The number of aromatic nitrogens is 1. The van der Waals surface area contributed by atoms with E-state index < -0.39 is 5.54 Å². The van der Waals surface area contributed by atoms with E-state index in [1.54, 1.807) is 11.3 Å². The topological polar surface area (TPSA) is 68.4 Å². The Hall–Kier alpha value is -0.0100. The summed E-state index contributed by atoms with van der Waals surface area (Å²) in [7, 11) is 0. The maximum absolute atomic E-state index is 9.50. The van der Waals surface area contributed by atoms with E-state index in [-0.39, 0.29) is 18.6 Å². The summed E-state index contributed by atoms with van der Waals surface area (Å²) >= 11 is 4.92. The summed E-state index contributed by atoms with van der Waals surface area (Å²) in [6, 6.07) is 0. The van der Waals surface area contributed by atoms with Crippen LogP contribution in [0.5, 0.6) is 0 Å². The lowest BCUT2D eigenvalue weighted by atomic mass is 9.80. The fourth-order valence-electron chi connectivity index (χ4n) is 2.13. The van der Waals surface area contributed by atoms with Crippen LogP contribution < -0.4 is 5.73 Å². The van der Waals surface area contributed by atoms with Crippen molar-refractivity contribution in [3.05, 3.63) is 16.1 Å². The van der Waals surface area contributed by atoms with Gasteiger partial charge in [0.25, 0.3) is 0 Å². The fourth-order valence-corrected chi connectivity index (χ4v) is 3.63. The average molecular weight is 321 g/mol. The highest BCUT2D eigenvalue weighted by Gasteiger charge is 2.43. The lowest BCUT2D eigenvalue weighted by Gasteiger charge is -2.41. The summed E-state index contributed by atoms with van der Waals surface area (Å²) in [5.41, 5.74) is 6.74. The van der Waals surface area contributed by atoms with E-state index in [0.29, 0.717) is 6.61 Å². The maximum Gasteiger partial charge on any atom is 0.116 e. The van der Waals surface area contributed by atoms with Gasteiger partial charge in [-0.3, -0.25) is 0 Å². The number of nitrogens with two attached hydrogens (primary N) is 1. The minimum absolute atomic E-state index is 0.0144. The number of hydrogen-bond acceptors (Lipinski definition) is 5. The second kappa shape index (κ2) is 5.32. The van der Waals surface area contributed by atoms with E-state index in [2.05, 4.69) is 20.9 Å². The molecule has 1 aromatic heterocycles. The van der Waals surface area contributed by atoms with E-state index in [1.807, 2.05) is 12.3 Å². The van der Waals surface area contributed by atoms with Crippen LogP contribution in [0.25, 0.3) is 0 Å². The van der Waals surface area contributed by atoms with Gasteiger partial charge in [-0.2, -0.15) is 0 Å². The smallest absolute Gasteiger partial charge is 0.116 e. The highest BCUT2D eigenvalue weighted by atomic mass is 79.9. The molecule has 4 nitrogen and oxygen atoms in total. The van der Waals surface area contributed by atoms with E-state index in [1.165, 1.54) is 0 Å². The van der Waals surface area contributed by atoms with Gasteiger partial charge in [-0.15, -0.1) is 11.3 Å². The first-order valence-corrected chi connectivity index (χ1v) is 7.62. The van der Waals surface area contributed by atoms with E-state index in [0.717, 1.165) is 22.5 Å². The van der Waals surface area contributed by atoms with Crippen LogP contribution in [0.2, 0.25) is 0 Å². The molecular weight excluding hydrogens is 304 g/mol. The van der Waals surface area contributed by atoms with Crippen LogP contribution in [-0.4, -0.2) is 29.4 Å². The molecule has 6 heteroatoms. The van der Waals surface area contributed by atoms with Crippen molar-refractivity contribution in [2.45, 2.75) is 30.3 Å². The minimum atomic E-state index is -0.646. The molecule has 0 saturated carbocycles. The van der Waals surface area contributed by atoms with Crippen molar-refractivity contribution in [1.29, 1.82) is 0 Å². The molecule has 17 heavy (non-hydrogen) atoms. The molecule has 0 aliphatic carbocycles. The molecule has 1 aromatic rings. The molecule has 0 amide bonds. The number of halogens is 1. The predicted molar refractivity (Wildman–Crippen MR) is 71.2 cm³/mol. The number of rotatable bonds is 3. The summed E-state index contributed by atoms with van der Waals surface area (Å²) in [4.78, 5) is 4.50. The number of aliphatic hydroxyl groups excluding tert-OH is 1. The third kappa shape index (κ3) is 2.56. The summed E-state index contributed by atoms with van der Waals surface area (Å²) in [5, 5.41) is 13.1. The number of ether oxygens (including phenoxy) is 1. The Morgan fingerprint density at radius 1 is 1.76 bits per heavy atom. The van der Waals surface area contributed by atoms with Crippen LogP contribution in [-0.2, 0) is 15.6 Å². The zero-order valence-corrected chi connectivity index (χ0v) is 12.1. The molecule has 2 rings (SSSR count). The van der Waals surface area contributed by atoms with Crippen molar-refractivity contribution in [3.8, 4) is 0 Å². The first kappa shape index (κ1) is 13.4. The van der Waals surface area contributed by atoms with Gasteiger partial charge in [-0.05, 0) is 13.3 Å². The molecule has 0 bridgehead atoms. The van der Waals surface area contributed by atoms with E-state index >= 15 is 0 Å². The van der Waals surface area contributed by atoms with Crippen molar-refractivity contribution in [3.63, 3.8) is 0 Å². The molecular formula is C11H17BrN2O2S. The zero-order chi connectivity index (χ0) is 12.5. The van der Waals surface area contributed by atoms with Crippen molar-refractivity contribution < 1.29 is 9.84 Å². The third-order valence-corrected chi connectivity index (χ3v) is 4.92. The Morgan fingerprint density at radius 3 is 3.12 bits per heavy atom. The quantitative estimate of drug-likeness (QED) is 0.830. The normalized spacial score (nSPS) is 33.9. The monoisotopic (exact) mass is 320 g/mol. The van der Waals surface area contributed by atoms with Crippen LogP contribution in [0.1, 0.15) is 24.0 Å². The molecule has 1 saturated heterocycles. The van der Waals surface area contributed by atoms with Crippen molar-refractivity contribution in [1.82, 2.24) is 4.98 Å². The minimum Gasteiger partial charge on any atom is -0.396 e. The van der Waals surface area contributed by atoms with Crippen LogP contribution in [0.4, 0.5) is 0 Å². The zero-order valence-electron chi connectivity index (χ0n) is 9.73. The molecule has 1 aliphatic heterocycles. The van der Waals surface area contributed by atoms with Gasteiger partial charge in [-0.1, -0.05) is 15.9 Å². The largest absolute Gasteiger partial charge is 0.396 e. The Balaban J connectivity index is 2.26. The first-order valence-electron chi connectivity index (χ1n) is 5.62. The van der Waals surface area contributed by atoms with Crippen molar-refractivity contribution in [2.75, 3.05) is 13.2 Å². The Kier molecular flexibility index (Phi) is 4.20. The van der Waals surface area contributed by atoms with Gasteiger partial charge in [0.15, 0.2) is 0 Å². The Bertz CT molecular complexity index is 387. The standard InChI is InChI=1S/C11H17BrN2O2S/c1-7-2-8(4-15)11(13,6-16-7)10-14-9(3-12)5-17-10/h5,7-8,15H,2-4,6,13H2,1H3. The van der Waals surface area contributed by atoms with Gasteiger partial charge < -0.3 is 15.6 Å². The molecule has 0 spiro atoms. The van der Waals surface area contributed by atoms with E-state index in [9.17, 15) is 5.11 Å². The molecule has 96 valence electrons. The SMILES string of the molecule is CC1CC(CO)C(N)(c2nc(CBr)cs2)CO1. The first-order chi connectivity index (χ1) is 8.10. The summed E-state index contributed by atoms with van der Waals surface area (Å²) in [6.45, 7) is 2.51. The van der Waals surface area contributed by atoms with Gasteiger partial charge in [0, 0.05) is 23.2 Å². The predicted octanol–water partition coefficient (Wildman–Crippen LogP) is 1.61. The Morgan fingerprint density at radius 2 is 2.53 bits per heavy atom. The van der Waals surface area contributed by atoms with Crippen molar-refractivity contribution >= 4 is 27.3 Å². The second-order valence-electron chi connectivity index (χ2n) is 4.55. The molecule has 0 radical (unpaired) electrons.